The van der Waals surface area contributed by atoms with Gasteiger partial charge in [-0.15, -0.1) is 0 Å². The number of hydrogen-bond acceptors (Lipinski definition) is 3. The number of rotatable bonds is 5. The summed E-state index contributed by atoms with van der Waals surface area (Å²) in [5.41, 5.74) is 2.92. The van der Waals surface area contributed by atoms with Crippen LogP contribution < -0.4 is 10.1 Å². The summed E-state index contributed by atoms with van der Waals surface area (Å²) in [5, 5.41) is 3.42. The van der Waals surface area contributed by atoms with Crippen LogP contribution in [-0.4, -0.2) is 44.7 Å². The number of nitrogens with one attached hydrogen (secondary N) is 1. The van der Waals surface area contributed by atoms with Crippen molar-refractivity contribution in [3.05, 3.63) is 29.3 Å². The van der Waals surface area contributed by atoms with Crippen molar-refractivity contribution < 1.29 is 4.74 Å². The van der Waals surface area contributed by atoms with Crippen molar-refractivity contribution in [2.24, 2.45) is 0 Å². The zero-order valence-electron chi connectivity index (χ0n) is 13.2. The molecule has 1 heterocycles. The second-order valence-corrected chi connectivity index (χ2v) is 6.40. The summed E-state index contributed by atoms with van der Waals surface area (Å²) in [6.07, 6.45) is 6.57. The van der Waals surface area contributed by atoms with Crippen molar-refractivity contribution in [2.75, 3.05) is 39.8 Å². The Morgan fingerprint density at radius 3 is 2.67 bits per heavy atom. The Kier molecular flexibility index (Phi) is 5.15. The van der Waals surface area contributed by atoms with Crippen molar-refractivity contribution in [2.45, 2.75) is 38.0 Å². The molecule has 1 saturated carbocycles. The molecule has 0 bridgehead atoms. The molecule has 1 aliphatic carbocycles. The van der Waals surface area contributed by atoms with E-state index in [1.807, 2.05) is 0 Å². The summed E-state index contributed by atoms with van der Waals surface area (Å²) < 4.78 is 5.59. The molecule has 0 radical (unpaired) electrons. The van der Waals surface area contributed by atoms with Gasteiger partial charge in [0.25, 0.3) is 0 Å². The van der Waals surface area contributed by atoms with Crippen molar-refractivity contribution in [1.29, 1.82) is 0 Å². The third kappa shape index (κ3) is 3.78. The van der Waals surface area contributed by atoms with Crippen molar-refractivity contribution in [3.63, 3.8) is 0 Å². The van der Waals surface area contributed by atoms with Crippen LogP contribution in [0.25, 0.3) is 0 Å². The summed E-state index contributed by atoms with van der Waals surface area (Å²) in [6.45, 7) is 5.82. The minimum Gasteiger partial charge on any atom is -0.496 e. The van der Waals surface area contributed by atoms with Crippen LogP contribution in [0.2, 0.25) is 0 Å². The molecule has 2 fully saturated rings. The lowest BCUT2D eigenvalue weighted by Gasteiger charge is -2.27. The molecule has 0 atom stereocenters. The van der Waals surface area contributed by atoms with Gasteiger partial charge < -0.3 is 15.0 Å². The molecule has 1 aliphatic heterocycles. The number of piperazine rings is 1. The lowest BCUT2D eigenvalue weighted by Crippen LogP contribution is -2.44. The van der Waals surface area contributed by atoms with Crippen molar-refractivity contribution >= 4 is 0 Å². The maximum absolute atomic E-state index is 5.59. The van der Waals surface area contributed by atoms with E-state index in [-0.39, 0.29) is 0 Å². The number of methoxy groups -OCH3 is 1. The van der Waals surface area contributed by atoms with E-state index in [1.165, 1.54) is 56.4 Å². The molecule has 1 aromatic carbocycles. The fraction of sp³-hybridized carbons (Fsp3) is 0.667. The minimum absolute atomic E-state index is 0.721. The lowest BCUT2D eigenvalue weighted by atomic mass is 9.94. The predicted molar refractivity (Wildman–Crippen MR) is 87.2 cm³/mol. The largest absolute Gasteiger partial charge is 0.496 e. The summed E-state index contributed by atoms with van der Waals surface area (Å²) in [4.78, 5) is 2.57. The van der Waals surface area contributed by atoms with Gasteiger partial charge in [0.05, 0.1) is 7.11 Å². The number of benzene rings is 1. The predicted octanol–water partition coefficient (Wildman–Crippen LogP) is 2.80. The van der Waals surface area contributed by atoms with E-state index in [0.29, 0.717) is 0 Å². The monoisotopic (exact) mass is 288 g/mol. The zero-order valence-corrected chi connectivity index (χ0v) is 13.2. The first-order valence-electron chi connectivity index (χ1n) is 8.46. The second kappa shape index (κ2) is 7.28. The van der Waals surface area contributed by atoms with Gasteiger partial charge in [-0.3, -0.25) is 0 Å². The molecule has 0 unspecified atom stereocenters. The highest BCUT2D eigenvalue weighted by atomic mass is 16.5. The summed E-state index contributed by atoms with van der Waals surface area (Å²) in [7, 11) is 1.80. The first-order chi connectivity index (χ1) is 10.4. The van der Waals surface area contributed by atoms with Gasteiger partial charge >= 0.3 is 0 Å². The van der Waals surface area contributed by atoms with Gasteiger partial charge in [-0.1, -0.05) is 25.0 Å². The van der Waals surface area contributed by atoms with Crippen LogP contribution >= 0.6 is 0 Å². The number of ether oxygens (including phenoxy) is 1. The van der Waals surface area contributed by atoms with E-state index in [0.717, 1.165) is 31.2 Å². The summed E-state index contributed by atoms with van der Waals surface area (Å²) in [5.74, 6) is 1.81. The Balaban J connectivity index is 1.65. The van der Waals surface area contributed by atoms with Gasteiger partial charge in [0.2, 0.25) is 0 Å². The van der Waals surface area contributed by atoms with E-state index in [4.69, 9.17) is 4.74 Å². The Morgan fingerprint density at radius 2 is 1.95 bits per heavy atom. The van der Waals surface area contributed by atoms with Crippen molar-refractivity contribution in [3.8, 4) is 5.75 Å². The van der Waals surface area contributed by atoms with Crippen LogP contribution in [0.1, 0.15) is 42.7 Å². The zero-order chi connectivity index (χ0) is 14.5. The molecular formula is C18H28N2O. The SMILES string of the molecule is COc1ccc(CCN2CCNCC2)cc1C1CCCC1. The van der Waals surface area contributed by atoms with Gasteiger partial charge in [-0.25, -0.2) is 0 Å². The van der Waals surface area contributed by atoms with Crippen LogP contribution in [0, 0.1) is 0 Å². The van der Waals surface area contributed by atoms with E-state index in [2.05, 4.69) is 28.4 Å². The first kappa shape index (κ1) is 14.9. The van der Waals surface area contributed by atoms with Crippen LogP contribution in [0.4, 0.5) is 0 Å². The third-order valence-corrected chi connectivity index (χ3v) is 5.02. The number of hydrogen-bond donors (Lipinski definition) is 1. The fourth-order valence-electron chi connectivity index (χ4n) is 3.72. The maximum Gasteiger partial charge on any atom is 0.122 e. The molecule has 21 heavy (non-hydrogen) atoms. The molecular weight excluding hydrogens is 260 g/mol. The molecule has 3 rings (SSSR count). The first-order valence-corrected chi connectivity index (χ1v) is 8.46. The van der Waals surface area contributed by atoms with Gasteiger partial charge in [0, 0.05) is 32.7 Å². The lowest BCUT2D eigenvalue weighted by molar-refractivity contribution is 0.244. The number of nitrogens with zero attached hydrogens (tertiary/aromatic N) is 1. The summed E-state index contributed by atoms with van der Waals surface area (Å²) >= 11 is 0. The normalized spacial score (nSPS) is 20.8. The Labute approximate surface area is 128 Å². The molecule has 0 spiro atoms. The Bertz CT molecular complexity index is 449. The van der Waals surface area contributed by atoms with E-state index < -0.39 is 0 Å². The summed E-state index contributed by atoms with van der Waals surface area (Å²) in [6, 6.07) is 6.84. The average molecular weight is 288 g/mol. The molecule has 1 saturated heterocycles. The van der Waals surface area contributed by atoms with Gasteiger partial charge in [0.1, 0.15) is 5.75 Å². The van der Waals surface area contributed by atoms with E-state index in [1.54, 1.807) is 7.11 Å². The van der Waals surface area contributed by atoms with Crippen LogP contribution in [0.3, 0.4) is 0 Å². The van der Waals surface area contributed by atoms with Crippen LogP contribution in [-0.2, 0) is 6.42 Å². The smallest absolute Gasteiger partial charge is 0.122 e. The van der Waals surface area contributed by atoms with Gasteiger partial charge in [0.15, 0.2) is 0 Å². The highest BCUT2D eigenvalue weighted by Crippen LogP contribution is 2.39. The highest BCUT2D eigenvalue weighted by Gasteiger charge is 2.21. The topological polar surface area (TPSA) is 24.5 Å². The molecule has 1 aromatic rings. The van der Waals surface area contributed by atoms with Crippen LogP contribution in [0.15, 0.2) is 18.2 Å². The molecule has 1 N–H and O–H groups in total. The quantitative estimate of drug-likeness (QED) is 0.901. The van der Waals surface area contributed by atoms with Gasteiger partial charge in [-0.2, -0.15) is 0 Å². The fourth-order valence-corrected chi connectivity index (χ4v) is 3.72. The minimum atomic E-state index is 0.721. The van der Waals surface area contributed by atoms with E-state index in [9.17, 15) is 0 Å². The molecule has 3 heteroatoms. The van der Waals surface area contributed by atoms with E-state index >= 15 is 0 Å². The molecule has 0 amide bonds. The standard InChI is InChI=1S/C18H28N2O/c1-21-18-7-6-15(8-11-20-12-9-19-10-13-20)14-17(18)16-4-2-3-5-16/h6-7,14,16,19H,2-5,8-13H2,1H3. The Hall–Kier alpha value is -1.06. The molecule has 3 nitrogen and oxygen atoms in total. The Morgan fingerprint density at radius 1 is 1.19 bits per heavy atom. The maximum atomic E-state index is 5.59. The average Bonchev–Trinajstić information content (AvgIpc) is 3.08. The van der Waals surface area contributed by atoms with Gasteiger partial charge in [-0.05, 0) is 42.4 Å². The molecule has 2 aliphatic rings. The molecule has 0 aromatic heterocycles. The second-order valence-electron chi connectivity index (χ2n) is 6.40. The van der Waals surface area contributed by atoms with Crippen LogP contribution in [0.5, 0.6) is 5.75 Å². The molecule has 116 valence electrons. The third-order valence-electron chi connectivity index (χ3n) is 5.02. The highest BCUT2D eigenvalue weighted by molar-refractivity contribution is 5.40. The van der Waals surface area contributed by atoms with Crippen molar-refractivity contribution in [1.82, 2.24) is 10.2 Å².